The Kier molecular flexibility index (Phi) is 4.52. The van der Waals surface area contributed by atoms with Crippen LogP contribution in [0.4, 0.5) is 11.4 Å². The van der Waals surface area contributed by atoms with Gasteiger partial charge < -0.3 is 9.47 Å². The first-order valence-corrected chi connectivity index (χ1v) is 13.4. The lowest BCUT2D eigenvalue weighted by Gasteiger charge is -2.50. The van der Waals surface area contributed by atoms with Gasteiger partial charge in [-0.1, -0.05) is 73.9 Å². The monoisotopic (exact) mass is 470 g/mol. The molecule has 0 N–H and O–H groups in total. The van der Waals surface area contributed by atoms with E-state index in [4.69, 9.17) is 0 Å². The number of nitrogens with zero attached hydrogens (tertiary/aromatic N) is 2. The number of anilines is 2. The second-order valence-electron chi connectivity index (χ2n) is 11.6. The highest BCUT2D eigenvalue weighted by Crippen LogP contribution is 2.61. The maximum atomic E-state index is 2.70. The highest BCUT2D eigenvalue weighted by Gasteiger charge is 2.57. The molecule has 1 aromatic heterocycles. The summed E-state index contributed by atoms with van der Waals surface area (Å²) in [7, 11) is 0. The van der Waals surface area contributed by atoms with E-state index in [0.29, 0.717) is 0 Å². The third-order valence-electron chi connectivity index (χ3n) is 9.40. The molecule has 1 aliphatic heterocycles. The maximum Gasteiger partial charge on any atom is 0.0541 e. The molecule has 1 saturated carbocycles. The molecule has 2 aliphatic rings. The Balaban J connectivity index is 1.49. The van der Waals surface area contributed by atoms with Crippen molar-refractivity contribution in [1.82, 2.24) is 4.57 Å². The molecule has 4 aromatic carbocycles. The summed E-state index contributed by atoms with van der Waals surface area (Å²) in [6, 6.07) is 31.9. The van der Waals surface area contributed by atoms with E-state index in [9.17, 15) is 0 Å². The smallest absolute Gasteiger partial charge is 0.0541 e. The summed E-state index contributed by atoms with van der Waals surface area (Å²) in [6.07, 6.45) is 5.08. The van der Waals surface area contributed by atoms with Gasteiger partial charge in [0.2, 0.25) is 0 Å². The quantitative estimate of drug-likeness (QED) is 0.250. The van der Waals surface area contributed by atoms with Crippen LogP contribution in [0, 0.1) is 13.8 Å². The maximum absolute atomic E-state index is 2.70. The molecular formula is C34H34N2. The molecule has 2 heteroatoms. The van der Waals surface area contributed by atoms with Crippen molar-refractivity contribution in [3.05, 3.63) is 102 Å². The van der Waals surface area contributed by atoms with Crippen molar-refractivity contribution in [2.45, 2.75) is 64.3 Å². The third kappa shape index (κ3) is 2.79. The van der Waals surface area contributed by atoms with Crippen molar-refractivity contribution in [1.29, 1.82) is 0 Å². The molecule has 5 aromatic rings. The van der Waals surface area contributed by atoms with Crippen LogP contribution >= 0.6 is 0 Å². The molecule has 180 valence electrons. The lowest BCUT2D eigenvalue weighted by molar-refractivity contribution is 0.195. The van der Waals surface area contributed by atoms with Crippen LogP contribution in [0.2, 0.25) is 0 Å². The second-order valence-corrected chi connectivity index (χ2v) is 11.6. The first-order valence-electron chi connectivity index (χ1n) is 13.4. The fourth-order valence-electron chi connectivity index (χ4n) is 7.45. The number of hydrogen-bond acceptors (Lipinski definition) is 1. The molecule has 2 atom stereocenters. The van der Waals surface area contributed by atoms with Crippen LogP contribution in [0.3, 0.4) is 0 Å². The molecule has 2 heterocycles. The SMILES string of the molecule is Cc1cc(N2c3ccc(C)cc3C3(C)CCCCC23C)cc(-n2c3ccccc3c3ccccc32)c1. The van der Waals surface area contributed by atoms with Gasteiger partial charge in [-0.15, -0.1) is 0 Å². The van der Waals surface area contributed by atoms with Gasteiger partial charge in [0.1, 0.15) is 0 Å². The van der Waals surface area contributed by atoms with Crippen LogP contribution in [0.5, 0.6) is 0 Å². The lowest BCUT2D eigenvalue weighted by Crippen LogP contribution is -2.54. The summed E-state index contributed by atoms with van der Waals surface area (Å²) < 4.78 is 2.45. The number of hydrogen-bond donors (Lipinski definition) is 0. The summed E-state index contributed by atoms with van der Waals surface area (Å²) in [4.78, 5) is 2.70. The highest BCUT2D eigenvalue weighted by atomic mass is 15.3. The molecule has 36 heavy (non-hydrogen) atoms. The zero-order valence-corrected chi connectivity index (χ0v) is 21.8. The van der Waals surface area contributed by atoms with Crippen LogP contribution in [0.25, 0.3) is 27.5 Å². The number of benzene rings is 4. The van der Waals surface area contributed by atoms with E-state index in [2.05, 4.69) is 122 Å². The summed E-state index contributed by atoms with van der Waals surface area (Å²) in [5, 5.41) is 2.62. The minimum Gasteiger partial charge on any atom is -0.334 e. The van der Waals surface area contributed by atoms with E-state index in [-0.39, 0.29) is 11.0 Å². The minimum atomic E-state index is 0.0628. The average Bonchev–Trinajstić information content (AvgIpc) is 3.31. The lowest BCUT2D eigenvalue weighted by atomic mass is 9.61. The number of rotatable bonds is 2. The van der Waals surface area contributed by atoms with Gasteiger partial charge in [-0.25, -0.2) is 0 Å². The van der Waals surface area contributed by atoms with Crippen molar-refractivity contribution in [2.24, 2.45) is 0 Å². The van der Waals surface area contributed by atoms with E-state index in [1.165, 1.54) is 81.2 Å². The van der Waals surface area contributed by atoms with Crippen LogP contribution in [-0.2, 0) is 5.41 Å². The summed E-state index contributed by atoms with van der Waals surface area (Å²) in [5.41, 5.74) is 10.9. The molecule has 1 fully saturated rings. The first kappa shape index (κ1) is 21.7. The van der Waals surface area contributed by atoms with E-state index in [0.717, 1.165) is 0 Å². The van der Waals surface area contributed by atoms with Gasteiger partial charge in [-0.2, -0.15) is 0 Å². The van der Waals surface area contributed by atoms with Gasteiger partial charge in [0.05, 0.1) is 16.6 Å². The molecule has 0 saturated heterocycles. The summed E-state index contributed by atoms with van der Waals surface area (Å²) >= 11 is 0. The van der Waals surface area contributed by atoms with Crippen molar-refractivity contribution >= 4 is 33.2 Å². The van der Waals surface area contributed by atoms with Gasteiger partial charge in [-0.3, -0.25) is 0 Å². The molecule has 0 radical (unpaired) electrons. The van der Waals surface area contributed by atoms with Crippen molar-refractivity contribution < 1.29 is 0 Å². The Labute approximate surface area is 214 Å². The zero-order valence-electron chi connectivity index (χ0n) is 21.8. The van der Waals surface area contributed by atoms with E-state index in [1.807, 2.05) is 0 Å². The summed E-state index contributed by atoms with van der Waals surface area (Å²) in [5.74, 6) is 0. The van der Waals surface area contributed by atoms with E-state index in [1.54, 1.807) is 0 Å². The molecule has 1 aliphatic carbocycles. The molecule has 0 bridgehead atoms. The molecule has 0 spiro atoms. The standard InChI is InChI=1S/C34H34N2/c1-23-15-16-32-29(21-23)33(3)17-9-10-18-34(33,4)36(32)26-20-24(2)19-25(22-26)35-30-13-7-5-11-27(30)28-12-6-8-14-31(28)35/h5-8,11-16,19-22H,9-10,17-18H2,1-4H3. The minimum absolute atomic E-state index is 0.0628. The zero-order chi connectivity index (χ0) is 24.7. The molecule has 7 rings (SSSR count). The van der Waals surface area contributed by atoms with E-state index < -0.39 is 0 Å². The fraction of sp³-hybridized carbons (Fsp3) is 0.294. The number of fused-ring (bicyclic) bond motifs is 6. The molecule has 0 amide bonds. The number of para-hydroxylation sites is 2. The van der Waals surface area contributed by atoms with Crippen LogP contribution in [-0.4, -0.2) is 10.1 Å². The predicted molar refractivity (Wildman–Crippen MR) is 153 cm³/mol. The largest absolute Gasteiger partial charge is 0.334 e. The van der Waals surface area contributed by atoms with Crippen LogP contribution < -0.4 is 4.90 Å². The van der Waals surface area contributed by atoms with E-state index >= 15 is 0 Å². The Hall–Kier alpha value is -3.52. The predicted octanol–water partition coefficient (Wildman–Crippen LogP) is 9.14. The highest BCUT2D eigenvalue weighted by molar-refractivity contribution is 6.09. The number of aromatic nitrogens is 1. The molecular weight excluding hydrogens is 436 g/mol. The second kappa shape index (κ2) is 7.49. The van der Waals surface area contributed by atoms with Gasteiger partial charge in [-0.05, 0) is 81.1 Å². The van der Waals surface area contributed by atoms with Gasteiger partial charge >= 0.3 is 0 Å². The summed E-state index contributed by atoms with van der Waals surface area (Å²) in [6.45, 7) is 9.52. The molecule has 2 nitrogen and oxygen atoms in total. The number of aryl methyl sites for hydroxylation is 2. The fourth-order valence-corrected chi connectivity index (χ4v) is 7.45. The normalized spacial score (nSPS) is 23.3. The van der Waals surface area contributed by atoms with Gasteiger partial charge in [0.25, 0.3) is 0 Å². The van der Waals surface area contributed by atoms with Gasteiger partial charge in [0, 0.05) is 33.2 Å². The van der Waals surface area contributed by atoms with Crippen LogP contribution in [0.1, 0.15) is 56.2 Å². The first-order chi connectivity index (χ1) is 17.4. The van der Waals surface area contributed by atoms with Crippen molar-refractivity contribution in [3.63, 3.8) is 0 Å². The third-order valence-corrected chi connectivity index (χ3v) is 9.40. The Morgan fingerprint density at radius 1 is 0.639 bits per heavy atom. The molecule has 2 unspecified atom stereocenters. The Morgan fingerprint density at radius 2 is 1.28 bits per heavy atom. The topological polar surface area (TPSA) is 8.17 Å². The van der Waals surface area contributed by atoms with Crippen molar-refractivity contribution in [2.75, 3.05) is 4.90 Å². The Morgan fingerprint density at radius 3 is 2.00 bits per heavy atom. The van der Waals surface area contributed by atoms with Crippen molar-refractivity contribution in [3.8, 4) is 5.69 Å². The Bertz CT molecular complexity index is 1600. The van der Waals surface area contributed by atoms with Crippen LogP contribution in [0.15, 0.2) is 84.9 Å². The van der Waals surface area contributed by atoms with Gasteiger partial charge in [0.15, 0.2) is 0 Å². The average molecular weight is 471 g/mol.